The molecule has 17 heavy (non-hydrogen) atoms. The smallest absolute Gasteiger partial charge is 0.0470 e. The van der Waals surface area contributed by atoms with Gasteiger partial charge in [-0.05, 0) is 31.7 Å². The number of hydrogen-bond donors (Lipinski definition) is 2. The van der Waals surface area contributed by atoms with Crippen molar-refractivity contribution in [2.75, 3.05) is 13.6 Å². The van der Waals surface area contributed by atoms with Gasteiger partial charge in [0.15, 0.2) is 0 Å². The van der Waals surface area contributed by atoms with Crippen molar-refractivity contribution >= 4 is 26.8 Å². The molecule has 0 fully saturated rings. The van der Waals surface area contributed by atoms with Gasteiger partial charge in [-0.2, -0.15) is 0 Å². The second-order valence-electron chi connectivity index (χ2n) is 5.23. The summed E-state index contributed by atoms with van der Waals surface area (Å²) in [6, 6.07) is 6.44. The summed E-state index contributed by atoms with van der Waals surface area (Å²) in [5.41, 5.74) is 4.01. The van der Waals surface area contributed by atoms with E-state index in [1.54, 1.807) is 0 Å². The molecule has 0 atom stereocenters. The highest BCUT2D eigenvalue weighted by atomic mass is 79.9. The van der Waals surface area contributed by atoms with Gasteiger partial charge in [0.2, 0.25) is 0 Å². The van der Waals surface area contributed by atoms with Gasteiger partial charge in [-0.15, -0.1) is 0 Å². The minimum absolute atomic E-state index is 0.130. The van der Waals surface area contributed by atoms with Crippen LogP contribution in [0.2, 0.25) is 0 Å². The van der Waals surface area contributed by atoms with E-state index in [0.29, 0.717) is 0 Å². The van der Waals surface area contributed by atoms with Crippen LogP contribution in [-0.2, 0) is 5.41 Å². The Morgan fingerprint density at radius 3 is 2.71 bits per heavy atom. The zero-order chi connectivity index (χ0) is 12.6. The van der Waals surface area contributed by atoms with Crippen molar-refractivity contribution in [2.45, 2.75) is 26.2 Å². The molecule has 1 heterocycles. The fourth-order valence-electron chi connectivity index (χ4n) is 2.71. The molecule has 0 aliphatic carbocycles. The summed E-state index contributed by atoms with van der Waals surface area (Å²) in [5.74, 6) is 0. The Morgan fingerprint density at radius 1 is 1.35 bits per heavy atom. The molecule has 3 heteroatoms. The number of fused-ring (bicyclic) bond motifs is 1. The summed E-state index contributed by atoms with van der Waals surface area (Å²) in [4.78, 5) is 3.47. The number of aromatic amines is 1. The van der Waals surface area contributed by atoms with Crippen molar-refractivity contribution in [1.82, 2.24) is 10.3 Å². The third-order valence-corrected chi connectivity index (χ3v) is 3.74. The summed E-state index contributed by atoms with van der Waals surface area (Å²) in [6.45, 7) is 7.68. The quantitative estimate of drug-likeness (QED) is 0.887. The molecular weight excluding hydrogens is 276 g/mol. The second kappa shape index (κ2) is 4.46. The first-order valence-electron chi connectivity index (χ1n) is 5.88. The van der Waals surface area contributed by atoms with Crippen LogP contribution in [0.3, 0.4) is 0 Å². The van der Waals surface area contributed by atoms with E-state index in [0.717, 1.165) is 11.0 Å². The molecule has 0 aliphatic heterocycles. The third kappa shape index (κ3) is 2.26. The lowest BCUT2D eigenvalue weighted by Gasteiger charge is -2.25. The largest absolute Gasteiger partial charge is 0.358 e. The molecule has 0 unspecified atom stereocenters. The van der Waals surface area contributed by atoms with Gasteiger partial charge in [0.05, 0.1) is 0 Å². The van der Waals surface area contributed by atoms with E-state index < -0.39 is 0 Å². The third-order valence-electron chi connectivity index (χ3n) is 3.24. The van der Waals surface area contributed by atoms with E-state index in [2.05, 4.69) is 65.2 Å². The first-order chi connectivity index (χ1) is 7.95. The normalized spacial score (nSPS) is 12.3. The minimum Gasteiger partial charge on any atom is -0.358 e. The average Bonchev–Trinajstić information content (AvgIpc) is 2.53. The van der Waals surface area contributed by atoms with Crippen LogP contribution in [0.4, 0.5) is 0 Å². The summed E-state index contributed by atoms with van der Waals surface area (Å²) >= 11 is 3.52. The minimum atomic E-state index is 0.130. The van der Waals surface area contributed by atoms with Gasteiger partial charge in [-0.1, -0.05) is 35.8 Å². The maximum absolute atomic E-state index is 3.52. The molecule has 0 aliphatic rings. The Bertz CT molecular complexity index is 540. The van der Waals surface area contributed by atoms with Crippen molar-refractivity contribution in [3.63, 3.8) is 0 Å². The topological polar surface area (TPSA) is 27.8 Å². The standard InChI is InChI=1S/C14H19BrN2/c1-9-13(14(2,3)8-16-4)11-6-5-10(15)7-12(11)17-9/h5-7,16-17H,8H2,1-4H3. The number of aryl methyl sites for hydroxylation is 1. The number of rotatable bonds is 3. The van der Waals surface area contributed by atoms with Gasteiger partial charge in [0.1, 0.15) is 0 Å². The molecule has 0 saturated heterocycles. The van der Waals surface area contributed by atoms with E-state index in [-0.39, 0.29) is 5.41 Å². The molecule has 0 saturated carbocycles. The Morgan fingerprint density at radius 2 is 2.06 bits per heavy atom. The van der Waals surface area contributed by atoms with E-state index in [1.807, 2.05) is 7.05 Å². The Hall–Kier alpha value is -0.800. The van der Waals surface area contributed by atoms with Crippen LogP contribution in [-0.4, -0.2) is 18.6 Å². The molecule has 1 aromatic heterocycles. The van der Waals surface area contributed by atoms with Crippen LogP contribution in [0.25, 0.3) is 10.9 Å². The summed E-state index contributed by atoms with van der Waals surface area (Å²) < 4.78 is 1.12. The zero-order valence-electron chi connectivity index (χ0n) is 10.8. The maximum Gasteiger partial charge on any atom is 0.0470 e. The predicted octanol–water partition coefficient (Wildman–Crippen LogP) is 3.74. The first-order valence-corrected chi connectivity index (χ1v) is 6.68. The van der Waals surface area contributed by atoms with Crippen LogP contribution >= 0.6 is 15.9 Å². The number of aromatic nitrogens is 1. The monoisotopic (exact) mass is 294 g/mol. The van der Waals surface area contributed by atoms with Crippen molar-refractivity contribution in [3.05, 3.63) is 33.9 Å². The molecule has 1 aromatic carbocycles. The van der Waals surface area contributed by atoms with E-state index >= 15 is 0 Å². The SMILES string of the molecule is CNCC(C)(C)c1c(C)[nH]c2cc(Br)ccc12. The Labute approximate surface area is 111 Å². The lowest BCUT2D eigenvalue weighted by Crippen LogP contribution is -2.31. The highest BCUT2D eigenvalue weighted by Gasteiger charge is 2.25. The van der Waals surface area contributed by atoms with Crippen molar-refractivity contribution in [1.29, 1.82) is 0 Å². The van der Waals surface area contributed by atoms with E-state index in [4.69, 9.17) is 0 Å². The van der Waals surface area contributed by atoms with Crippen molar-refractivity contribution in [3.8, 4) is 0 Å². The van der Waals surface area contributed by atoms with Gasteiger partial charge in [0, 0.05) is 33.0 Å². The van der Waals surface area contributed by atoms with Crippen LogP contribution in [0.15, 0.2) is 22.7 Å². The summed E-state index contributed by atoms with van der Waals surface area (Å²) in [7, 11) is 2.00. The molecule has 0 spiro atoms. The average molecular weight is 295 g/mol. The molecule has 2 nitrogen and oxygen atoms in total. The molecule has 0 radical (unpaired) electrons. The van der Waals surface area contributed by atoms with Crippen molar-refractivity contribution < 1.29 is 0 Å². The Kier molecular flexibility index (Phi) is 3.32. The number of benzene rings is 1. The molecule has 2 N–H and O–H groups in total. The van der Waals surface area contributed by atoms with Gasteiger partial charge in [-0.3, -0.25) is 0 Å². The zero-order valence-corrected chi connectivity index (χ0v) is 12.4. The summed E-state index contributed by atoms with van der Waals surface area (Å²) in [5, 5.41) is 4.60. The summed E-state index contributed by atoms with van der Waals surface area (Å²) in [6.07, 6.45) is 0. The molecule has 2 rings (SSSR count). The van der Waals surface area contributed by atoms with Gasteiger partial charge >= 0.3 is 0 Å². The number of H-pyrrole nitrogens is 1. The molecule has 2 aromatic rings. The number of likely N-dealkylation sites (N-methyl/N-ethyl adjacent to an activating group) is 1. The fourth-order valence-corrected chi connectivity index (χ4v) is 3.07. The van der Waals surface area contributed by atoms with Gasteiger partial charge in [0.25, 0.3) is 0 Å². The van der Waals surface area contributed by atoms with Gasteiger partial charge in [-0.25, -0.2) is 0 Å². The van der Waals surface area contributed by atoms with E-state index in [1.165, 1.54) is 22.2 Å². The molecule has 92 valence electrons. The van der Waals surface area contributed by atoms with Crippen LogP contribution in [0.5, 0.6) is 0 Å². The number of halogens is 1. The molecule has 0 amide bonds. The lowest BCUT2D eigenvalue weighted by molar-refractivity contribution is 0.495. The van der Waals surface area contributed by atoms with Crippen LogP contribution in [0, 0.1) is 6.92 Å². The van der Waals surface area contributed by atoms with Crippen LogP contribution < -0.4 is 5.32 Å². The highest BCUT2D eigenvalue weighted by Crippen LogP contribution is 2.34. The highest BCUT2D eigenvalue weighted by molar-refractivity contribution is 9.10. The lowest BCUT2D eigenvalue weighted by atomic mass is 9.82. The second-order valence-corrected chi connectivity index (χ2v) is 6.14. The van der Waals surface area contributed by atoms with Gasteiger partial charge < -0.3 is 10.3 Å². The number of nitrogens with one attached hydrogen (secondary N) is 2. The van der Waals surface area contributed by atoms with Crippen LogP contribution in [0.1, 0.15) is 25.1 Å². The van der Waals surface area contributed by atoms with E-state index in [9.17, 15) is 0 Å². The molecule has 0 bridgehead atoms. The first kappa shape index (κ1) is 12.7. The molecular formula is C14H19BrN2. The fraction of sp³-hybridized carbons (Fsp3) is 0.429. The Balaban J connectivity index is 2.64. The predicted molar refractivity (Wildman–Crippen MR) is 77.7 cm³/mol. The maximum atomic E-state index is 3.52. The van der Waals surface area contributed by atoms with Crippen molar-refractivity contribution in [2.24, 2.45) is 0 Å². The number of hydrogen-bond acceptors (Lipinski definition) is 1.